The van der Waals surface area contributed by atoms with Gasteiger partial charge in [0, 0.05) is 0 Å². The van der Waals surface area contributed by atoms with Crippen molar-refractivity contribution in [3.8, 4) is 0 Å². The SMILES string of the molecule is O=C(Nc1c(Cl)ccc2scnc12)[C@@H]1CCCCN1. The predicted octanol–water partition coefficient (Wildman–Crippen LogP) is 3.03. The first kappa shape index (κ1) is 12.8. The molecule has 1 fully saturated rings. The normalized spacial score (nSPS) is 19.5. The summed E-state index contributed by atoms with van der Waals surface area (Å²) in [5, 5.41) is 6.68. The Hall–Kier alpha value is -1.17. The fourth-order valence-electron chi connectivity index (χ4n) is 2.31. The van der Waals surface area contributed by atoms with Gasteiger partial charge in [-0.05, 0) is 31.5 Å². The summed E-state index contributed by atoms with van der Waals surface area (Å²) in [5.41, 5.74) is 3.15. The lowest BCUT2D eigenvalue weighted by molar-refractivity contribution is -0.118. The average molecular weight is 296 g/mol. The Bertz CT molecular complexity index is 607. The minimum absolute atomic E-state index is 0.0258. The molecule has 1 atom stereocenters. The van der Waals surface area contributed by atoms with Gasteiger partial charge in [0.2, 0.25) is 5.91 Å². The van der Waals surface area contributed by atoms with Crippen LogP contribution in [0.3, 0.4) is 0 Å². The van der Waals surface area contributed by atoms with Crippen LogP contribution in [0.25, 0.3) is 10.2 Å². The number of benzene rings is 1. The number of piperidine rings is 1. The molecule has 4 nitrogen and oxygen atoms in total. The number of thiazole rings is 1. The maximum Gasteiger partial charge on any atom is 0.241 e. The van der Waals surface area contributed by atoms with Gasteiger partial charge in [-0.1, -0.05) is 18.0 Å². The summed E-state index contributed by atoms with van der Waals surface area (Å²) in [6.45, 7) is 0.896. The summed E-state index contributed by atoms with van der Waals surface area (Å²) in [5.74, 6) is -0.0258. The number of rotatable bonds is 2. The third-order valence-corrected chi connectivity index (χ3v) is 4.44. The number of nitrogens with one attached hydrogen (secondary N) is 2. The van der Waals surface area contributed by atoms with Gasteiger partial charge in [0.25, 0.3) is 0 Å². The van der Waals surface area contributed by atoms with Gasteiger partial charge in [0.1, 0.15) is 5.52 Å². The number of amides is 1. The van der Waals surface area contributed by atoms with E-state index < -0.39 is 0 Å². The average Bonchev–Trinajstić information content (AvgIpc) is 2.91. The Kier molecular flexibility index (Phi) is 3.68. The van der Waals surface area contributed by atoms with Gasteiger partial charge in [-0.2, -0.15) is 0 Å². The van der Waals surface area contributed by atoms with Crippen LogP contribution in [-0.2, 0) is 4.79 Å². The van der Waals surface area contributed by atoms with E-state index in [-0.39, 0.29) is 11.9 Å². The zero-order valence-corrected chi connectivity index (χ0v) is 11.9. The van der Waals surface area contributed by atoms with Crippen molar-refractivity contribution >= 4 is 44.7 Å². The smallest absolute Gasteiger partial charge is 0.241 e. The van der Waals surface area contributed by atoms with Crippen LogP contribution in [0.4, 0.5) is 5.69 Å². The fraction of sp³-hybridized carbons (Fsp3) is 0.385. The largest absolute Gasteiger partial charge is 0.322 e. The lowest BCUT2D eigenvalue weighted by Gasteiger charge is -2.22. The molecule has 3 rings (SSSR count). The summed E-state index contributed by atoms with van der Waals surface area (Å²) in [7, 11) is 0. The maximum atomic E-state index is 12.2. The Morgan fingerprint density at radius 1 is 1.47 bits per heavy atom. The van der Waals surface area contributed by atoms with Crippen molar-refractivity contribution in [1.29, 1.82) is 0 Å². The molecule has 1 aliphatic rings. The zero-order valence-electron chi connectivity index (χ0n) is 10.3. The van der Waals surface area contributed by atoms with Gasteiger partial charge in [0.05, 0.1) is 27.0 Å². The van der Waals surface area contributed by atoms with E-state index in [4.69, 9.17) is 11.6 Å². The van der Waals surface area contributed by atoms with Crippen LogP contribution in [0.5, 0.6) is 0 Å². The number of hydrogen-bond donors (Lipinski definition) is 2. The van der Waals surface area contributed by atoms with Crippen molar-refractivity contribution < 1.29 is 4.79 Å². The summed E-state index contributed by atoms with van der Waals surface area (Å²) in [4.78, 5) is 16.5. The van der Waals surface area contributed by atoms with Crippen LogP contribution in [0.2, 0.25) is 5.02 Å². The number of nitrogens with zero attached hydrogens (tertiary/aromatic N) is 1. The van der Waals surface area contributed by atoms with Gasteiger partial charge in [0.15, 0.2) is 0 Å². The number of carbonyl (C=O) groups excluding carboxylic acids is 1. The minimum atomic E-state index is -0.126. The van der Waals surface area contributed by atoms with Crippen molar-refractivity contribution in [3.05, 3.63) is 22.7 Å². The first-order valence-corrected chi connectivity index (χ1v) is 7.57. The molecular formula is C13H14ClN3OS. The van der Waals surface area contributed by atoms with Crippen LogP contribution >= 0.6 is 22.9 Å². The van der Waals surface area contributed by atoms with Crippen LogP contribution in [0, 0.1) is 0 Å². The van der Waals surface area contributed by atoms with Gasteiger partial charge in [-0.25, -0.2) is 4.98 Å². The number of carbonyl (C=O) groups is 1. The zero-order chi connectivity index (χ0) is 13.2. The van der Waals surface area contributed by atoms with E-state index in [0.717, 1.165) is 36.0 Å². The number of fused-ring (bicyclic) bond motifs is 1. The fourth-order valence-corrected chi connectivity index (χ4v) is 3.20. The molecule has 1 aliphatic heterocycles. The van der Waals surface area contributed by atoms with E-state index in [1.165, 1.54) is 11.3 Å². The molecule has 0 unspecified atom stereocenters. The minimum Gasteiger partial charge on any atom is -0.322 e. The van der Waals surface area contributed by atoms with Crippen LogP contribution in [0.1, 0.15) is 19.3 Å². The highest BCUT2D eigenvalue weighted by Crippen LogP contribution is 2.32. The molecule has 2 aromatic rings. The number of hydrogen-bond acceptors (Lipinski definition) is 4. The van der Waals surface area contributed by atoms with E-state index in [2.05, 4.69) is 15.6 Å². The number of halogens is 1. The molecule has 2 heterocycles. The topological polar surface area (TPSA) is 54.0 Å². The molecule has 1 saturated heterocycles. The molecule has 0 saturated carbocycles. The molecular weight excluding hydrogens is 282 g/mol. The third-order valence-electron chi connectivity index (χ3n) is 3.33. The highest BCUT2D eigenvalue weighted by atomic mass is 35.5. The molecule has 2 N–H and O–H groups in total. The van der Waals surface area contributed by atoms with Crippen molar-refractivity contribution in [1.82, 2.24) is 10.3 Å². The third kappa shape index (κ3) is 2.59. The molecule has 0 aliphatic carbocycles. The van der Waals surface area contributed by atoms with Crippen molar-refractivity contribution in [2.75, 3.05) is 11.9 Å². The second kappa shape index (κ2) is 5.45. The van der Waals surface area contributed by atoms with E-state index >= 15 is 0 Å². The number of aromatic nitrogens is 1. The lowest BCUT2D eigenvalue weighted by atomic mass is 10.0. The second-order valence-corrected chi connectivity index (χ2v) is 5.91. The molecule has 1 amide bonds. The monoisotopic (exact) mass is 295 g/mol. The number of anilines is 1. The molecule has 100 valence electrons. The van der Waals surface area contributed by atoms with Crippen LogP contribution in [0.15, 0.2) is 17.6 Å². The second-order valence-electron chi connectivity index (χ2n) is 4.61. The molecule has 0 spiro atoms. The van der Waals surface area contributed by atoms with Crippen LogP contribution in [-0.4, -0.2) is 23.5 Å². The lowest BCUT2D eigenvalue weighted by Crippen LogP contribution is -2.43. The predicted molar refractivity (Wildman–Crippen MR) is 78.9 cm³/mol. The van der Waals surface area contributed by atoms with E-state index in [1.807, 2.05) is 6.07 Å². The van der Waals surface area contributed by atoms with Gasteiger partial charge in [-0.3, -0.25) is 4.79 Å². The highest BCUT2D eigenvalue weighted by molar-refractivity contribution is 7.16. The summed E-state index contributed by atoms with van der Waals surface area (Å²) >= 11 is 7.71. The van der Waals surface area contributed by atoms with Gasteiger partial charge < -0.3 is 10.6 Å². The molecule has 1 aromatic carbocycles. The first-order valence-electron chi connectivity index (χ1n) is 6.31. The Morgan fingerprint density at radius 2 is 2.37 bits per heavy atom. The molecule has 1 aromatic heterocycles. The highest BCUT2D eigenvalue weighted by Gasteiger charge is 2.22. The van der Waals surface area contributed by atoms with Gasteiger partial charge >= 0.3 is 0 Å². The molecule has 6 heteroatoms. The first-order chi connectivity index (χ1) is 9.25. The van der Waals surface area contributed by atoms with E-state index in [0.29, 0.717) is 10.7 Å². The molecule has 0 radical (unpaired) electrons. The van der Waals surface area contributed by atoms with Crippen molar-refractivity contribution in [2.24, 2.45) is 0 Å². The van der Waals surface area contributed by atoms with Crippen molar-refractivity contribution in [2.45, 2.75) is 25.3 Å². The summed E-state index contributed by atoms with van der Waals surface area (Å²) in [6, 6.07) is 3.59. The van der Waals surface area contributed by atoms with Crippen molar-refractivity contribution in [3.63, 3.8) is 0 Å². The van der Waals surface area contributed by atoms with Gasteiger partial charge in [-0.15, -0.1) is 11.3 Å². The maximum absolute atomic E-state index is 12.2. The Balaban J connectivity index is 1.86. The van der Waals surface area contributed by atoms with E-state index in [9.17, 15) is 4.79 Å². The van der Waals surface area contributed by atoms with E-state index in [1.54, 1.807) is 11.6 Å². The molecule has 19 heavy (non-hydrogen) atoms. The summed E-state index contributed by atoms with van der Waals surface area (Å²) < 4.78 is 1.02. The Morgan fingerprint density at radius 3 is 3.16 bits per heavy atom. The standard InChI is InChI=1S/C13H14ClN3OS/c14-8-4-5-10-12(16-7-19-10)11(8)17-13(18)9-3-1-2-6-15-9/h4-5,7,9,15H,1-3,6H2,(H,17,18)/t9-/m0/s1. The quantitative estimate of drug-likeness (QED) is 0.895. The summed E-state index contributed by atoms with van der Waals surface area (Å²) in [6.07, 6.45) is 3.09. The molecule has 0 bridgehead atoms. The Labute approximate surface area is 120 Å². The van der Waals surface area contributed by atoms with Crippen LogP contribution < -0.4 is 10.6 Å².